The summed E-state index contributed by atoms with van der Waals surface area (Å²) >= 11 is 1.14. The number of rotatable bonds is 8. The molecule has 0 fully saturated rings. The molecule has 0 saturated carbocycles. The highest BCUT2D eigenvalue weighted by Gasteiger charge is 2.24. The molecule has 9 nitrogen and oxygen atoms in total. The van der Waals surface area contributed by atoms with E-state index < -0.39 is 16.8 Å². The Labute approximate surface area is 215 Å². The van der Waals surface area contributed by atoms with Gasteiger partial charge in [0.1, 0.15) is 33.7 Å². The number of hydrogen-bond acceptors (Lipinski definition) is 8. The van der Waals surface area contributed by atoms with E-state index in [1.165, 1.54) is 24.3 Å². The molecule has 0 saturated heterocycles. The Morgan fingerprint density at radius 2 is 1.84 bits per heavy atom. The normalized spacial score (nSPS) is 11.0. The van der Waals surface area contributed by atoms with Crippen LogP contribution in [0, 0.1) is 21.4 Å². The number of ether oxygens (including phenoxy) is 1. The summed E-state index contributed by atoms with van der Waals surface area (Å²) in [6.07, 6.45) is 1.23. The molecule has 10 heteroatoms. The quantitative estimate of drug-likeness (QED) is 0.0959. The van der Waals surface area contributed by atoms with Crippen molar-refractivity contribution in [2.75, 3.05) is 11.9 Å². The molecule has 2 heterocycles. The van der Waals surface area contributed by atoms with Crippen LogP contribution in [0.2, 0.25) is 0 Å². The summed E-state index contributed by atoms with van der Waals surface area (Å²) in [6.45, 7) is 1.84. The number of benzene rings is 2. The lowest BCUT2D eigenvalue weighted by Gasteiger charge is -2.08. The van der Waals surface area contributed by atoms with Gasteiger partial charge in [0.05, 0.1) is 17.1 Å². The van der Waals surface area contributed by atoms with Gasteiger partial charge in [0.2, 0.25) is 0 Å². The number of nitrogens with zero attached hydrogens (tertiary/aromatic N) is 2. The van der Waals surface area contributed by atoms with Crippen LogP contribution in [0.4, 0.5) is 10.7 Å². The first-order valence-corrected chi connectivity index (χ1v) is 11.9. The number of anilines is 1. The number of carbonyl (C=O) groups is 2. The molecule has 0 unspecified atom stereocenters. The lowest BCUT2D eigenvalue weighted by Crippen LogP contribution is -2.16. The van der Waals surface area contributed by atoms with Gasteiger partial charge in [0.15, 0.2) is 0 Å². The first kappa shape index (κ1) is 25.1. The Hall–Kier alpha value is -5.01. The second-order valence-corrected chi connectivity index (χ2v) is 8.42. The average Bonchev–Trinajstić information content (AvgIpc) is 3.55. The van der Waals surface area contributed by atoms with Gasteiger partial charge in [0.25, 0.3) is 11.6 Å². The number of thiophene rings is 1. The van der Waals surface area contributed by atoms with Crippen molar-refractivity contribution >= 4 is 40.0 Å². The third-order valence-corrected chi connectivity index (χ3v) is 6.12. The number of nitrogens with one attached hydrogen (secondary N) is 1. The van der Waals surface area contributed by atoms with Gasteiger partial charge in [-0.2, -0.15) is 5.26 Å². The Bertz CT molecular complexity index is 1550. The maximum Gasteiger partial charge on any atom is 0.341 e. The molecule has 1 N–H and O–H groups in total. The van der Waals surface area contributed by atoms with Crippen molar-refractivity contribution in [2.24, 2.45) is 0 Å². The van der Waals surface area contributed by atoms with Crippen LogP contribution in [0.25, 0.3) is 28.5 Å². The van der Waals surface area contributed by atoms with E-state index in [4.69, 9.17) is 9.15 Å². The van der Waals surface area contributed by atoms with E-state index in [0.29, 0.717) is 5.56 Å². The van der Waals surface area contributed by atoms with Gasteiger partial charge in [-0.25, -0.2) is 4.79 Å². The molecular weight excluding hydrogens is 494 g/mol. The Balaban J connectivity index is 1.63. The van der Waals surface area contributed by atoms with E-state index in [1.807, 2.05) is 36.4 Å². The number of esters is 1. The monoisotopic (exact) mass is 513 g/mol. The molecule has 37 heavy (non-hydrogen) atoms. The van der Waals surface area contributed by atoms with Crippen molar-refractivity contribution in [3.05, 3.63) is 99.1 Å². The summed E-state index contributed by atoms with van der Waals surface area (Å²) in [5, 5.41) is 25.6. The molecule has 4 aromatic rings. The predicted octanol–water partition coefficient (Wildman–Crippen LogP) is 6.31. The smallest absolute Gasteiger partial charge is 0.341 e. The van der Waals surface area contributed by atoms with E-state index in [-0.39, 0.29) is 45.5 Å². The van der Waals surface area contributed by atoms with Crippen LogP contribution in [0.15, 0.2) is 82.1 Å². The number of nitro benzene ring substituents is 1. The zero-order valence-corrected chi connectivity index (χ0v) is 20.3. The minimum Gasteiger partial charge on any atom is -0.462 e. The topological polar surface area (TPSA) is 135 Å². The van der Waals surface area contributed by atoms with Crippen molar-refractivity contribution in [2.45, 2.75) is 6.92 Å². The fraction of sp³-hybridized carbons (Fsp3) is 0.0741. The van der Waals surface area contributed by atoms with Crippen LogP contribution in [-0.2, 0) is 9.53 Å². The van der Waals surface area contributed by atoms with Crippen LogP contribution in [0.3, 0.4) is 0 Å². The van der Waals surface area contributed by atoms with E-state index >= 15 is 0 Å². The summed E-state index contributed by atoms with van der Waals surface area (Å²) in [5.41, 5.74) is 1.41. The van der Waals surface area contributed by atoms with Crippen LogP contribution in [0.5, 0.6) is 0 Å². The molecule has 2 aromatic heterocycles. The standard InChI is InChI=1S/C27H19N3O6S/c1-2-35-27(32)24-21(17-8-4-3-5-9-17)16-37-26(24)29-25(31)18(15-28)14-19-12-13-23(36-19)20-10-6-7-11-22(20)30(33)34/h3-14,16H,2H2,1H3,(H,29,31)/b18-14+. The fourth-order valence-corrected chi connectivity index (χ4v) is 4.52. The van der Waals surface area contributed by atoms with Gasteiger partial charge in [0, 0.05) is 23.1 Å². The molecule has 4 rings (SSSR count). The summed E-state index contributed by atoms with van der Waals surface area (Å²) in [5.74, 6) is -0.980. The van der Waals surface area contributed by atoms with Crippen molar-refractivity contribution in [3.63, 3.8) is 0 Å². The summed E-state index contributed by atoms with van der Waals surface area (Å²) < 4.78 is 10.9. The highest BCUT2D eigenvalue weighted by molar-refractivity contribution is 7.15. The molecule has 0 bridgehead atoms. The summed E-state index contributed by atoms with van der Waals surface area (Å²) in [7, 11) is 0. The first-order chi connectivity index (χ1) is 17.9. The van der Waals surface area contributed by atoms with Gasteiger partial charge in [-0.3, -0.25) is 14.9 Å². The molecule has 0 spiro atoms. The molecule has 0 aliphatic heterocycles. The zero-order chi connectivity index (χ0) is 26.4. The maximum absolute atomic E-state index is 13.0. The molecule has 0 radical (unpaired) electrons. The number of amides is 1. The number of para-hydroxylation sites is 1. The molecule has 2 aromatic carbocycles. The van der Waals surface area contributed by atoms with Crippen molar-refractivity contribution in [1.29, 1.82) is 5.26 Å². The minimum atomic E-state index is -0.752. The molecule has 184 valence electrons. The van der Waals surface area contributed by atoms with Gasteiger partial charge < -0.3 is 14.5 Å². The van der Waals surface area contributed by atoms with Gasteiger partial charge in [-0.05, 0) is 30.7 Å². The van der Waals surface area contributed by atoms with E-state index in [0.717, 1.165) is 16.9 Å². The van der Waals surface area contributed by atoms with E-state index in [1.54, 1.807) is 30.5 Å². The van der Waals surface area contributed by atoms with E-state index in [9.17, 15) is 25.0 Å². The SMILES string of the molecule is CCOC(=O)c1c(-c2ccccc2)csc1NC(=O)/C(C#N)=C/c1ccc(-c2ccccc2[N+](=O)[O-])o1. The van der Waals surface area contributed by atoms with Crippen LogP contribution in [-0.4, -0.2) is 23.4 Å². The third-order valence-electron chi connectivity index (χ3n) is 5.23. The van der Waals surface area contributed by atoms with Crippen molar-refractivity contribution in [1.82, 2.24) is 0 Å². The average molecular weight is 514 g/mol. The largest absolute Gasteiger partial charge is 0.462 e. The Kier molecular flexibility index (Phi) is 7.56. The van der Waals surface area contributed by atoms with Gasteiger partial charge >= 0.3 is 5.97 Å². The fourth-order valence-electron chi connectivity index (χ4n) is 3.56. The number of nitro groups is 1. The maximum atomic E-state index is 13.0. The summed E-state index contributed by atoms with van der Waals surface area (Å²) in [6, 6.07) is 20.1. The number of carbonyl (C=O) groups excluding carboxylic acids is 2. The minimum absolute atomic E-state index is 0.135. The summed E-state index contributed by atoms with van der Waals surface area (Å²) in [4.78, 5) is 36.5. The second-order valence-electron chi connectivity index (χ2n) is 7.54. The lowest BCUT2D eigenvalue weighted by molar-refractivity contribution is -0.384. The van der Waals surface area contributed by atoms with Crippen LogP contribution < -0.4 is 5.32 Å². The number of nitriles is 1. The molecule has 1 amide bonds. The first-order valence-electron chi connectivity index (χ1n) is 11.0. The van der Waals surface area contributed by atoms with E-state index in [2.05, 4.69) is 5.32 Å². The molecular formula is C27H19N3O6S. The van der Waals surface area contributed by atoms with Crippen molar-refractivity contribution < 1.29 is 23.7 Å². The highest BCUT2D eigenvalue weighted by atomic mass is 32.1. The van der Waals surface area contributed by atoms with Gasteiger partial charge in [-0.1, -0.05) is 42.5 Å². The highest BCUT2D eigenvalue weighted by Crippen LogP contribution is 2.36. The van der Waals surface area contributed by atoms with Crippen LogP contribution in [0.1, 0.15) is 23.0 Å². The lowest BCUT2D eigenvalue weighted by atomic mass is 10.0. The van der Waals surface area contributed by atoms with Crippen molar-refractivity contribution in [3.8, 4) is 28.5 Å². The molecule has 0 aliphatic carbocycles. The van der Waals surface area contributed by atoms with Crippen LogP contribution >= 0.6 is 11.3 Å². The Morgan fingerprint density at radius 3 is 2.54 bits per heavy atom. The second kappa shape index (κ2) is 11.2. The van der Waals surface area contributed by atoms with Gasteiger partial charge in [-0.15, -0.1) is 11.3 Å². The zero-order valence-electron chi connectivity index (χ0n) is 19.5. The molecule has 0 aliphatic rings. The molecule has 0 atom stereocenters. The number of furan rings is 1. The third kappa shape index (κ3) is 5.47. The predicted molar refractivity (Wildman–Crippen MR) is 139 cm³/mol. The number of hydrogen-bond donors (Lipinski definition) is 1. The Morgan fingerprint density at radius 1 is 1.11 bits per heavy atom.